The van der Waals surface area contributed by atoms with Crippen LogP contribution in [0, 0.1) is 6.92 Å². The highest BCUT2D eigenvalue weighted by Crippen LogP contribution is 2.05. The number of benzene rings is 1. The number of hydrogen-bond donors (Lipinski definition) is 2. The van der Waals surface area contributed by atoms with Gasteiger partial charge in [0.15, 0.2) is 0 Å². The van der Waals surface area contributed by atoms with Crippen molar-refractivity contribution in [2.45, 2.75) is 32.4 Å². The van der Waals surface area contributed by atoms with Gasteiger partial charge in [0.2, 0.25) is 0 Å². The SMILES string of the molecule is Cc1ccc(CN[C@@H]2CCCNC2)cc1. The fourth-order valence-electron chi connectivity index (χ4n) is 1.99. The van der Waals surface area contributed by atoms with Crippen molar-refractivity contribution in [3.8, 4) is 0 Å². The minimum Gasteiger partial charge on any atom is -0.315 e. The lowest BCUT2D eigenvalue weighted by molar-refractivity contribution is 0.389. The molecule has 0 amide bonds. The first-order valence-corrected chi connectivity index (χ1v) is 5.84. The van der Waals surface area contributed by atoms with Crippen LogP contribution in [0.3, 0.4) is 0 Å². The van der Waals surface area contributed by atoms with Gasteiger partial charge in [0.1, 0.15) is 0 Å². The van der Waals surface area contributed by atoms with Gasteiger partial charge in [0.25, 0.3) is 0 Å². The number of rotatable bonds is 3. The summed E-state index contributed by atoms with van der Waals surface area (Å²) in [5.74, 6) is 0. The van der Waals surface area contributed by atoms with Gasteiger partial charge in [-0.05, 0) is 31.9 Å². The summed E-state index contributed by atoms with van der Waals surface area (Å²) >= 11 is 0. The third-order valence-electron chi connectivity index (χ3n) is 3.01. The number of nitrogens with one attached hydrogen (secondary N) is 2. The molecule has 0 spiro atoms. The van der Waals surface area contributed by atoms with Crippen molar-refractivity contribution >= 4 is 0 Å². The highest BCUT2D eigenvalue weighted by Gasteiger charge is 2.11. The second-order valence-corrected chi connectivity index (χ2v) is 4.41. The zero-order valence-electron chi connectivity index (χ0n) is 9.42. The minimum atomic E-state index is 0.653. The second kappa shape index (κ2) is 5.29. The monoisotopic (exact) mass is 204 g/mol. The van der Waals surface area contributed by atoms with Crippen LogP contribution in [0.1, 0.15) is 24.0 Å². The lowest BCUT2D eigenvalue weighted by Crippen LogP contribution is -2.42. The summed E-state index contributed by atoms with van der Waals surface area (Å²) in [6, 6.07) is 9.42. The third-order valence-corrected chi connectivity index (χ3v) is 3.01. The Hall–Kier alpha value is -0.860. The fourth-order valence-corrected chi connectivity index (χ4v) is 1.99. The summed E-state index contributed by atoms with van der Waals surface area (Å²) in [5.41, 5.74) is 2.71. The van der Waals surface area contributed by atoms with E-state index in [1.165, 1.54) is 30.5 Å². The Kier molecular flexibility index (Phi) is 3.75. The maximum absolute atomic E-state index is 3.59. The van der Waals surface area contributed by atoms with Gasteiger partial charge < -0.3 is 10.6 Å². The molecule has 2 rings (SSSR count). The normalized spacial score (nSPS) is 21.5. The average molecular weight is 204 g/mol. The Labute approximate surface area is 92.1 Å². The molecule has 0 aromatic heterocycles. The molecule has 2 N–H and O–H groups in total. The van der Waals surface area contributed by atoms with E-state index in [-0.39, 0.29) is 0 Å². The lowest BCUT2D eigenvalue weighted by Gasteiger charge is -2.23. The van der Waals surface area contributed by atoms with E-state index in [0.717, 1.165) is 13.1 Å². The molecule has 0 saturated carbocycles. The zero-order chi connectivity index (χ0) is 10.5. The zero-order valence-corrected chi connectivity index (χ0v) is 9.42. The van der Waals surface area contributed by atoms with Crippen molar-refractivity contribution in [2.24, 2.45) is 0 Å². The molecule has 1 aliphatic rings. The van der Waals surface area contributed by atoms with Crippen LogP contribution in [0.4, 0.5) is 0 Å². The highest BCUT2D eigenvalue weighted by molar-refractivity contribution is 5.21. The van der Waals surface area contributed by atoms with Gasteiger partial charge in [-0.2, -0.15) is 0 Å². The summed E-state index contributed by atoms with van der Waals surface area (Å²) in [7, 11) is 0. The van der Waals surface area contributed by atoms with E-state index >= 15 is 0 Å². The van der Waals surface area contributed by atoms with Gasteiger partial charge in [0, 0.05) is 19.1 Å². The highest BCUT2D eigenvalue weighted by atomic mass is 15.0. The summed E-state index contributed by atoms with van der Waals surface area (Å²) in [5, 5.41) is 7.01. The molecular weight excluding hydrogens is 184 g/mol. The van der Waals surface area contributed by atoms with Crippen molar-refractivity contribution in [2.75, 3.05) is 13.1 Å². The molecular formula is C13H20N2. The Morgan fingerprint density at radius 1 is 1.33 bits per heavy atom. The Morgan fingerprint density at radius 2 is 2.13 bits per heavy atom. The molecule has 15 heavy (non-hydrogen) atoms. The minimum absolute atomic E-state index is 0.653. The van der Waals surface area contributed by atoms with E-state index in [4.69, 9.17) is 0 Å². The first-order chi connectivity index (χ1) is 7.34. The van der Waals surface area contributed by atoms with Gasteiger partial charge in [-0.1, -0.05) is 29.8 Å². The smallest absolute Gasteiger partial charge is 0.0208 e. The summed E-state index contributed by atoms with van der Waals surface area (Å²) < 4.78 is 0. The molecule has 1 aromatic carbocycles. The van der Waals surface area contributed by atoms with Crippen LogP contribution in [0.2, 0.25) is 0 Å². The van der Waals surface area contributed by atoms with Crippen LogP contribution in [-0.4, -0.2) is 19.1 Å². The van der Waals surface area contributed by atoms with Gasteiger partial charge in [0.05, 0.1) is 0 Å². The molecule has 1 aromatic rings. The van der Waals surface area contributed by atoms with Crippen LogP contribution in [0.5, 0.6) is 0 Å². The van der Waals surface area contributed by atoms with Crippen molar-refractivity contribution in [3.63, 3.8) is 0 Å². The standard InChI is InChI=1S/C13H20N2/c1-11-4-6-12(7-5-11)9-15-13-3-2-8-14-10-13/h4-7,13-15H,2-3,8-10H2,1H3/t13-/m1/s1. The first kappa shape index (κ1) is 10.7. The molecule has 1 saturated heterocycles. The maximum Gasteiger partial charge on any atom is 0.0208 e. The molecule has 0 aliphatic carbocycles. The van der Waals surface area contributed by atoms with E-state index < -0.39 is 0 Å². The fraction of sp³-hybridized carbons (Fsp3) is 0.538. The summed E-state index contributed by atoms with van der Waals surface area (Å²) in [6.07, 6.45) is 2.60. The van der Waals surface area contributed by atoms with Crippen molar-refractivity contribution in [1.82, 2.24) is 10.6 Å². The molecule has 0 radical (unpaired) electrons. The number of piperidine rings is 1. The molecule has 1 heterocycles. The molecule has 1 atom stereocenters. The lowest BCUT2D eigenvalue weighted by atomic mass is 10.1. The molecule has 2 heteroatoms. The van der Waals surface area contributed by atoms with E-state index in [0.29, 0.717) is 6.04 Å². The van der Waals surface area contributed by atoms with Crippen LogP contribution in [0.15, 0.2) is 24.3 Å². The van der Waals surface area contributed by atoms with Gasteiger partial charge in [-0.15, -0.1) is 0 Å². The Bertz CT molecular complexity index is 286. The molecule has 0 unspecified atom stereocenters. The van der Waals surface area contributed by atoms with Crippen molar-refractivity contribution in [3.05, 3.63) is 35.4 Å². The second-order valence-electron chi connectivity index (χ2n) is 4.41. The average Bonchev–Trinajstić information content (AvgIpc) is 2.30. The molecule has 1 aliphatic heterocycles. The number of hydrogen-bond acceptors (Lipinski definition) is 2. The van der Waals surface area contributed by atoms with Crippen molar-refractivity contribution < 1.29 is 0 Å². The molecule has 0 bridgehead atoms. The van der Waals surface area contributed by atoms with Gasteiger partial charge >= 0.3 is 0 Å². The van der Waals surface area contributed by atoms with Crippen LogP contribution in [-0.2, 0) is 6.54 Å². The number of aryl methyl sites for hydroxylation is 1. The van der Waals surface area contributed by atoms with Crippen LogP contribution >= 0.6 is 0 Å². The molecule has 1 fully saturated rings. The Morgan fingerprint density at radius 3 is 2.80 bits per heavy atom. The van der Waals surface area contributed by atoms with Crippen LogP contribution < -0.4 is 10.6 Å². The van der Waals surface area contributed by atoms with E-state index in [1.807, 2.05) is 0 Å². The predicted molar refractivity (Wildman–Crippen MR) is 63.9 cm³/mol. The summed E-state index contributed by atoms with van der Waals surface area (Å²) in [4.78, 5) is 0. The molecule has 82 valence electrons. The van der Waals surface area contributed by atoms with Crippen molar-refractivity contribution in [1.29, 1.82) is 0 Å². The maximum atomic E-state index is 3.59. The van der Waals surface area contributed by atoms with Crippen LogP contribution in [0.25, 0.3) is 0 Å². The van der Waals surface area contributed by atoms with E-state index in [2.05, 4.69) is 41.8 Å². The van der Waals surface area contributed by atoms with Gasteiger partial charge in [-0.25, -0.2) is 0 Å². The predicted octanol–water partition coefficient (Wildman–Crippen LogP) is 1.84. The molecule has 2 nitrogen and oxygen atoms in total. The largest absolute Gasteiger partial charge is 0.315 e. The van der Waals surface area contributed by atoms with E-state index in [9.17, 15) is 0 Å². The first-order valence-electron chi connectivity index (χ1n) is 5.84. The summed E-state index contributed by atoms with van der Waals surface area (Å²) in [6.45, 7) is 5.42. The van der Waals surface area contributed by atoms with E-state index in [1.54, 1.807) is 0 Å². The third kappa shape index (κ3) is 3.33. The topological polar surface area (TPSA) is 24.1 Å². The quantitative estimate of drug-likeness (QED) is 0.785. The van der Waals surface area contributed by atoms with Gasteiger partial charge in [-0.3, -0.25) is 0 Å². The Balaban J connectivity index is 1.79.